The molecule has 2 fully saturated rings. The van der Waals surface area contributed by atoms with Crippen molar-refractivity contribution >= 4 is 38.2 Å². The highest BCUT2D eigenvalue weighted by atomic mass is 32.2. The van der Waals surface area contributed by atoms with Crippen LogP contribution in [-0.4, -0.2) is 52.0 Å². The minimum atomic E-state index is -2.97. The summed E-state index contributed by atoms with van der Waals surface area (Å²) in [5.74, 6) is 1.12. The first kappa shape index (κ1) is 13.0. The van der Waals surface area contributed by atoms with E-state index in [-0.39, 0.29) is 23.6 Å². The maximum Gasteiger partial charge on any atom is 0.170 e. The van der Waals surface area contributed by atoms with Crippen molar-refractivity contribution < 1.29 is 8.42 Å². The van der Waals surface area contributed by atoms with Crippen LogP contribution in [0.5, 0.6) is 0 Å². The molecule has 0 radical (unpaired) electrons. The van der Waals surface area contributed by atoms with Crippen molar-refractivity contribution in [3.05, 3.63) is 30.1 Å². The summed E-state index contributed by atoms with van der Waals surface area (Å²) in [7, 11) is -2.97. The van der Waals surface area contributed by atoms with E-state index in [2.05, 4.69) is 15.3 Å². The predicted molar refractivity (Wildman–Crippen MR) is 83.6 cm³/mol. The Morgan fingerprint density at radius 3 is 2.95 bits per heavy atom. The topological polar surface area (TPSA) is 78.1 Å². The molecule has 3 heterocycles. The van der Waals surface area contributed by atoms with Crippen LogP contribution in [0.15, 0.2) is 24.3 Å². The number of rotatable bonds is 2. The molecule has 1 aromatic heterocycles. The van der Waals surface area contributed by atoms with Crippen LogP contribution in [-0.2, 0) is 16.4 Å². The average molecular weight is 322 g/mol. The number of H-pyrrole nitrogens is 1. The highest BCUT2D eigenvalue weighted by molar-refractivity contribution is 7.91. The molecule has 0 saturated carbocycles. The Kier molecular flexibility index (Phi) is 2.74. The SMILES string of the molecule is O=S1(=O)C[C@@H]2[C@@H](C1)NC(=S)N2Cc1nc2ccccc2[nH]1. The van der Waals surface area contributed by atoms with Crippen LogP contribution >= 0.6 is 12.2 Å². The number of hydrogen-bond donors (Lipinski definition) is 2. The van der Waals surface area contributed by atoms with Crippen LogP contribution in [0.25, 0.3) is 11.0 Å². The number of imidazole rings is 1. The molecule has 0 amide bonds. The van der Waals surface area contributed by atoms with Crippen LogP contribution in [0.4, 0.5) is 0 Å². The molecule has 1 aromatic carbocycles. The number of nitrogens with one attached hydrogen (secondary N) is 2. The van der Waals surface area contributed by atoms with Crippen molar-refractivity contribution in [1.29, 1.82) is 0 Å². The molecular formula is C13H14N4O2S2. The van der Waals surface area contributed by atoms with E-state index in [0.29, 0.717) is 11.7 Å². The molecule has 8 heteroatoms. The lowest BCUT2D eigenvalue weighted by atomic mass is 10.2. The fraction of sp³-hybridized carbons (Fsp3) is 0.385. The Bertz CT molecular complexity index is 797. The van der Waals surface area contributed by atoms with E-state index in [1.807, 2.05) is 29.2 Å². The maximum atomic E-state index is 11.8. The largest absolute Gasteiger partial charge is 0.357 e. The molecule has 0 aliphatic carbocycles. The molecule has 2 saturated heterocycles. The summed E-state index contributed by atoms with van der Waals surface area (Å²) in [5, 5.41) is 3.72. The molecule has 110 valence electrons. The first-order chi connectivity index (χ1) is 10.0. The molecule has 2 atom stereocenters. The number of aromatic amines is 1. The van der Waals surface area contributed by atoms with Gasteiger partial charge in [-0.1, -0.05) is 12.1 Å². The van der Waals surface area contributed by atoms with Gasteiger partial charge in [0.1, 0.15) is 5.82 Å². The van der Waals surface area contributed by atoms with Gasteiger partial charge in [0, 0.05) is 0 Å². The number of thiocarbonyl (C=S) groups is 1. The third kappa shape index (κ3) is 2.18. The van der Waals surface area contributed by atoms with Crippen LogP contribution in [0.2, 0.25) is 0 Å². The van der Waals surface area contributed by atoms with Gasteiger partial charge in [-0.3, -0.25) is 0 Å². The van der Waals surface area contributed by atoms with E-state index < -0.39 is 9.84 Å². The predicted octanol–water partition coefficient (Wildman–Crippen LogP) is 0.419. The smallest absolute Gasteiger partial charge is 0.170 e. The first-order valence-electron chi connectivity index (χ1n) is 6.73. The molecule has 0 bridgehead atoms. The lowest BCUT2D eigenvalue weighted by molar-refractivity contribution is 0.342. The number of aromatic nitrogens is 2. The van der Waals surface area contributed by atoms with Gasteiger partial charge in [-0.05, 0) is 24.4 Å². The standard InChI is InChI=1S/C13H14N4O2S2/c18-21(19)6-10-11(7-21)17(13(20)16-10)5-12-14-8-3-1-2-4-9(8)15-12/h1-4,10-11H,5-7H2,(H,14,15)(H,16,20)/t10-,11-/m1/s1. The van der Waals surface area contributed by atoms with E-state index in [4.69, 9.17) is 12.2 Å². The normalized spacial score (nSPS) is 27.0. The summed E-state index contributed by atoms with van der Waals surface area (Å²) in [5.41, 5.74) is 1.88. The van der Waals surface area contributed by atoms with E-state index in [1.165, 1.54) is 0 Å². The molecule has 2 aliphatic heterocycles. The van der Waals surface area contributed by atoms with Gasteiger partial charge in [0.15, 0.2) is 14.9 Å². The zero-order valence-electron chi connectivity index (χ0n) is 11.1. The molecule has 2 aromatic rings. The van der Waals surface area contributed by atoms with Crippen molar-refractivity contribution in [2.45, 2.75) is 18.6 Å². The molecule has 0 spiro atoms. The van der Waals surface area contributed by atoms with Crippen molar-refractivity contribution in [3.63, 3.8) is 0 Å². The molecule has 2 N–H and O–H groups in total. The second-order valence-electron chi connectivity index (χ2n) is 5.53. The Labute approximate surface area is 127 Å². The Balaban J connectivity index is 1.62. The Morgan fingerprint density at radius 1 is 1.33 bits per heavy atom. The number of fused-ring (bicyclic) bond motifs is 2. The molecule has 4 rings (SSSR count). The second-order valence-corrected chi connectivity index (χ2v) is 8.07. The highest BCUT2D eigenvalue weighted by Crippen LogP contribution is 2.25. The number of benzene rings is 1. The highest BCUT2D eigenvalue weighted by Gasteiger charge is 2.47. The monoisotopic (exact) mass is 322 g/mol. The van der Waals surface area contributed by atoms with Gasteiger partial charge in [0.25, 0.3) is 0 Å². The van der Waals surface area contributed by atoms with E-state index >= 15 is 0 Å². The zero-order valence-corrected chi connectivity index (χ0v) is 12.7. The van der Waals surface area contributed by atoms with E-state index in [9.17, 15) is 8.42 Å². The zero-order chi connectivity index (χ0) is 14.6. The summed E-state index contributed by atoms with van der Waals surface area (Å²) in [6, 6.07) is 7.62. The summed E-state index contributed by atoms with van der Waals surface area (Å²) in [4.78, 5) is 9.71. The summed E-state index contributed by atoms with van der Waals surface area (Å²) in [6.07, 6.45) is 0. The quantitative estimate of drug-likeness (QED) is 0.780. The van der Waals surface area contributed by atoms with E-state index in [0.717, 1.165) is 16.9 Å². The van der Waals surface area contributed by atoms with Crippen molar-refractivity contribution in [2.75, 3.05) is 11.5 Å². The third-order valence-electron chi connectivity index (χ3n) is 4.05. The van der Waals surface area contributed by atoms with Gasteiger partial charge in [-0.15, -0.1) is 0 Å². The summed E-state index contributed by atoms with van der Waals surface area (Å²) < 4.78 is 23.5. The van der Waals surface area contributed by atoms with Gasteiger partial charge in [-0.2, -0.15) is 0 Å². The first-order valence-corrected chi connectivity index (χ1v) is 8.96. The van der Waals surface area contributed by atoms with Crippen molar-refractivity contribution in [3.8, 4) is 0 Å². The maximum absolute atomic E-state index is 11.8. The second kappa shape index (κ2) is 4.41. The number of nitrogens with zero attached hydrogens (tertiary/aromatic N) is 2. The number of sulfone groups is 1. The van der Waals surface area contributed by atoms with Crippen LogP contribution in [0.3, 0.4) is 0 Å². The summed E-state index contributed by atoms with van der Waals surface area (Å²) >= 11 is 5.33. The lowest BCUT2D eigenvalue weighted by Gasteiger charge is -2.21. The third-order valence-corrected chi connectivity index (χ3v) is 6.12. The molecule has 6 nitrogen and oxygen atoms in total. The fourth-order valence-electron chi connectivity index (χ4n) is 3.10. The molecule has 21 heavy (non-hydrogen) atoms. The van der Waals surface area contributed by atoms with E-state index in [1.54, 1.807) is 0 Å². The lowest BCUT2D eigenvalue weighted by Crippen LogP contribution is -2.36. The minimum Gasteiger partial charge on any atom is -0.357 e. The van der Waals surface area contributed by atoms with Gasteiger partial charge < -0.3 is 15.2 Å². The van der Waals surface area contributed by atoms with Crippen LogP contribution in [0, 0.1) is 0 Å². The Morgan fingerprint density at radius 2 is 2.14 bits per heavy atom. The van der Waals surface area contributed by atoms with Crippen LogP contribution in [0.1, 0.15) is 5.82 Å². The van der Waals surface area contributed by atoms with Crippen LogP contribution < -0.4 is 5.32 Å². The summed E-state index contributed by atoms with van der Waals surface area (Å²) in [6.45, 7) is 0.497. The fourth-order valence-corrected chi connectivity index (χ4v) is 5.37. The minimum absolute atomic E-state index is 0.0873. The van der Waals surface area contributed by atoms with Gasteiger partial charge in [0.05, 0.1) is 41.2 Å². The molecule has 2 aliphatic rings. The average Bonchev–Trinajstić information content (AvgIpc) is 3.02. The van der Waals surface area contributed by atoms with Gasteiger partial charge >= 0.3 is 0 Å². The van der Waals surface area contributed by atoms with Gasteiger partial charge in [0.2, 0.25) is 0 Å². The van der Waals surface area contributed by atoms with Crippen molar-refractivity contribution in [2.24, 2.45) is 0 Å². The van der Waals surface area contributed by atoms with Crippen molar-refractivity contribution in [1.82, 2.24) is 20.2 Å². The molecular weight excluding hydrogens is 308 g/mol. The number of para-hydroxylation sites is 2. The Hall–Kier alpha value is -1.67. The van der Waals surface area contributed by atoms with Gasteiger partial charge in [-0.25, -0.2) is 13.4 Å². The molecule has 0 unspecified atom stereocenters. The number of hydrogen-bond acceptors (Lipinski definition) is 4.